The topological polar surface area (TPSA) is 124 Å². The molecule has 1 aliphatic carbocycles. The number of amidine groups is 1. The highest BCUT2D eigenvalue weighted by Gasteiger charge is 2.22. The van der Waals surface area contributed by atoms with Crippen molar-refractivity contribution in [2.24, 2.45) is 10.9 Å². The molecule has 1 saturated carbocycles. The van der Waals surface area contributed by atoms with E-state index in [-0.39, 0.29) is 23.4 Å². The Bertz CT molecular complexity index is 526. The first kappa shape index (κ1) is 14.0. The minimum absolute atomic E-state index is 0.0674. The van der Waals surface area contributed by atoms with Gasteiger partial charge in [0.2, 0.25) is 5.88 Å². The summed E-state index contributed by atoms with van der Waals surface area (Å²) in [6, 6.07) is 2.68. The molecule has 0 radical (unpaired) electrons. The summed E-state index contributed by atoms with van der Waals surface area (Å²) in [5, 5.41) is 22.3. The first-order chi connectivity index (χ1) is 9.61. The summed E-state index contributed by atoms with van der Waals surface area (Å²) >= 11 is 0. The van der Waals surface area contributed by atoms with Crippen molar-refractivity contribution in [3.8, 4) is 5.88 Å². The number of nitro groups is 1. The van der Waals surface area contributed by atoms with Gasteiger partial charge in [-0.2, -0.15) is 0 Å². The van der Waals surface area contributed by atoms with Crippen LogP contribution in [0.2, 0.25) is 0 Å². The highest BCUT2D eigenvalue weighted by molar-refractivity contribution is 5.98. The fourth-order valence-electron chi connectivity index (χ4n) is 2.24. The quantitative estimate of drug-likeness (QED) is 0.285. The second-order valence-electron chi connectivity index (χ2n) is 4.64. The van der Waals surface area contributed by atoms with E-state index in [0.29, 0.717) is 0 Å². The maximum atomic E-state index is 10.9. The lowest BCUT2D eigenvalue weighted by Gasteiger charge is -2.22. The number of pyridine rings is 1. The van der Waals surface area contributed by atoms with E-state index in [0.717, 1.165) is 25.7 Å². The molecule has 2 rings (SSSR count). The molecule has 0 aromatic carbocycles. The molecule has 0 atom stereocenters. The van der Waals surface area contributed by atoms with Crippen LogP contribution < -0.4 is 10.5 Å². The molecule has 8 nitrogen and oxygen atoms in total. The summed E-state index contributed by atoms with van der Waals surface area (Å²) < 4.78 is 5.70. The molecule has 0 unspecified atom stereocenters. The molecule has 1 aromatic heterocycles. The smallest absolute Gasteiger partial charge is 0.299 e. The fourth-order valence-corrected chi connectivity index (χ4v) is 2.24. The van der Waals surface area contributed by atoms with E-state index in [2.05, 4.69) is 10.1 Å². The van der Waals surface area contributed by atoms with Crippen LogP contribution in [0.4, 0.5) is 5.69 Å². The van der Waals surface area contributed by atoms with Crippen LogP contribution in [0, 0.1) is 10.1 Å². The van der Waals surface area contributed by atoms with Gasteiger partial charge in [-0.15, -0.1) is 0 Å². The number of hydrogen-bond donors (Lipinski definition) is 2. The maximum Gasteiger partial charge on any atom is 0.299 e. The number of nitrogens with zero attached hydrogens (tertiary/aromatic N) is 3. The van der Waals surface area contributed by atoms with E-state index in [1.807, 2.05) is 0 Å². The summed E-state index contributed by atoms with van der Waals surface area (Å²) in [6.07, 6.45) is 5.35. The number of aromatic nitrogens is 1. The van der Waals surface area contributed by atoms with Crippen LogP contribution in [0.25, 0.3) is 0 Å². The molecule has 1 aromatic rings. The summed E-state index contributed by atoms with van der Waals surface area (Å²) in [6.45, 7) is 0. The predicted molar refractivity (Wildman–Crippen MR) is 70.9 cm³/mol. The van der Waals surface area contributed by atoms with Crippen LogP contribution in [0.15, 0.2) is 17.3 Å². The van der Waals surface area contributed by atoms with Gasteiger partial charge in [0, 0.05) is 12.1 Å². The number of oxime groups is 1. The van der Waals surface area contributed by atoms with Crippen molar-refractivity contribution in [2.75, 3.05) is 0 Å². The second kappa shape index (κ2) is 6.18. The van der Waals surface area contributed by atoms with Crippen molar-refractivity contribution < 1.29 is 14.9 Å². The number of rotatable bonds is 4. The number of nitrogens with two attached hydrogens (primary N) is 1. The van der Waals surface area contributed by atoms with Crippen LogP contribution in [-0.4, -0.2) is 27.1 Å². The zero-order chi connectivity index (χ0) is 14.5. The van der Waals surface area contributed by atoms with E-state index in [1.165, 1.54) is 18.6 Å². The van der Waals surface area contributed by atoms with Crippen LogP contribution in [-0.2, 0) is 0 Å². The molecular formula is C12H16N4O4. The Kier molecular flexibility index (Phi) is 4.34. The Balaban J connectivity index is 2.24. The van der Waals surface area contributed by atoms with Gasteiger partial charge in [-0.25, -0.2) is 4.98 Å². The van der Waals surface area contributed by atoms with Gasteiger partial charge in [-0.05, 0) is 25.7 Å². The third-order valence-electron chi connectivity index (χ3n) is 3.24. The Labute approximate surface area is 115 Å². The fraction of sp³-hybridized carbons (Fsp3) is 0.500. The van der Waals surface area contributed by atoms with Crippen LogP contribution in [0.3, 0.4) is 0 Å². The van der Waals surface area contributed by atoms with E-state index in [9.17, 15) is 10.1 Å². The van der Waals surface area contributed by atoms with Gasteiger partial charge in [0.1, 0.15) is 6.10 Å². The Morgan fingerprint density at radius 3 is 2.75 bits per heavy atom. The SMILES string of the molecule is N/C(=N/O)c1nc(OC2CCCCC2)ccc1[N+](=O)[O-]. The van der Waals surface area contributed by atoms with Gasteiger partial charge >= 0.3 is 0 Å². The van der Waals surface area contributed by atoms with Crippen LogP contribution in [0.5, 0.6) is 5.88 Å². The molecule has 0 saturated heterocycles. The van der Waals surface area contributed by atoms with E-state index < -0.39 is 10.8 Å². The predicted octanol–water partition coefficient (Wildman–Crippen LogP) is 1.80. The van der Waals surface area contributed by atoms with Gasteiger partial charge in [0.15, 0.2) is 11.5 Å². The molecule has 108 valence electrons. The summed E-state index contributed by atoms with van der Waals surface area (Å²) in [5.74, 6) is -0.158. The first-order valence-corrected chi connectivity index (χ1v) is 6.42. The molecule has 0 amide bonds. The zero-order valence-electron chi connectivity index (χ0n) is 10.9. The Morgan fingerprint density at radius 2 is 2.15 bits per heavy atom. The normalized spacial score (nSPS) is 16.9. The highest BCUT2D eigenvalue weighted by atomic mass is 16.6. The lowest BCUT2D eigenvalue weighted by molar-refractivity contribution is -0.385. The van der Waals surface area contributed by atoms with Crippen molar-refractivity contribution in [1.82, 2.24) is 4.98 Å². The molecule has 1 fully saturated rings. The van der Waals surface area contributed by atoms with E-state index >= 15 is 0 Å². The molecular weight excluding hydrogens is 264 g/mol. The van der Waals surface area contributed by atoms with E-state index in [4.69, 9.17) is 15.7 Å². The number of hydrogen-bond acceptors (Lipinski definition) is 6. The largest absolute Gasteiger partial charge is 0.474 e. The monoisotopic (exact) mass is 280 g/mol. The van der Waals surface area contributed by atoms with Crippen LogP contribution >= 0.6 is 0 Å². The van der Waals surface area contributed by atoms with Crippen molar-refractivity contribution >= 4 is 11.5 Å². The zero-order valence-corrected chi connectivity index (χ0v) is 10.9. The maximum absolute atomic E-state index is 10.9. The van der Waals surface area contributed by atoms with Crippen LogP contribution in [0.1, 0.15) is 37.8 Å². The molecule has 0 aliphatic heterocycles. The second-order valence-corrected chi connectivity index (χ2v) is 4.64. The molecule has 3 N–H and O–H groups in total. The third-order valence-corrected chi connectivity index (χ3v) is 3.24. The lowest BCUT2D eigenvalue weighted by atomic mass is 9.98. The van der Waals surface area contributed by atoms with Crippen molar-refractivity contribution in [1.29, 1.82) is 0 Å². The summed E-state index contributed by atoms with van der Waals surface area (Å²) in [5.41, 5.74) is 4.90. The van der Waals surface area contributed by atoms with Gasteiger partial charge in [0.25, 0.3) is 5.69 Å². The van der Waals surface area contributed by atoms with Crippen molar-refractivity contribution in [3.05, 3.63) is 27.9 Å². The van der Waals surface area contributed by atoms with E-state index in [1.54, 1.807) is 0 Å². The average molecular weight is 280 g/mol. The van der Waals surface area contributed by atoms with Crippen molar-refractivity contribution in [2.45, 2.75) is 38.2 Å². The molecule has 20 heavy (non-hydrogen) atoms. The van der Waals surface area contributed by atoms with Gasteiger partial charge < -0.3 is 15.7 Å². The van der Waals surface area contributed by atoms with Crippen molar-refractivity contribution in [3.63, 3.8) is 0 Å². The number of ether oxygens (including phenoxy) is 1. The molecule has 0 bridgehead atoms. The summed E-state index contributed by atoms with van der Waals surface area (Å²) in [7, 11) is 0. The first-order valence-electron chi connectivity index (χ1n) is 6.42. The standard InChI is InChI=1S/C12H16N4O4/c13-12(15-17)11-9(16(18)19)6-7-10(14-11)20-8-4-2-1-3-5-8/h6-8,17H,1-5H2,(H2,13,15). The molecule has 1 aliphatic rings. The Hall–Kier alpha value is -2.38. The molecule has 1 heterocycles. The average Bonchev–Trinajstić information content (AvgIpc) is 2.47. The van der Waals surface area contributed by atoms with Gasteiger partial charge in [-0.1, -0.05) is 11.6 Å². The van der Waals surface area contributed by atoms with Gasteiger partial charge in [-0.3, -0.25) is 10.1 Å². The molecule has 8 heteroatoms. The van der Waals surface area contributed by atoms with Gasteiger partial charge in [0.05, 0.1) is 4.92 Å². The lowest BCUT2D eigenvalue weighted by Crippen LogP contribution is -2.22. The highest BCUT2D eigenvalue weighted by Crippen LogP contribution is 2.25. The summed E-state index contributed by atoms with van der Waals surface area (Å²) in [4.78, 5) is 14.2. The third kappa shape index (κ3) is 3.14. The Morgan fingerprint density at radius 1 is 1.45 bits per heavy atom. The minimum atomic E-state index is -0.634. The molecule has 0 spiro atoms. The minimum Gasteiger partial charge on any atom is -0.474 e.